The number of aliphatic carboxylic acids is 2. The fourth-order valence-electron chi connectivity index (χ4n) is 12.4. The topological polar surface area (TPSA) is 608 Å². The molecule has 2 aromatic rings. The number of unbranched alkanes of at least 4 members (excludes halogenated alkanes) is 1. The number of ether oxygens (including phenoxy) is 14. The summed E-state index contributed by atoms with van der Waals surface area (Å²) in [5.41, 5.74) is 0.670. The summed E-state index contributed by atoms with van der Waals surface area (Å²) in [6.45, 7) is 20.1. The van der Waals surface area contributed by atoms with Crippen LogP contribution in [-0.2, 0) is 106 Å². The van der Waals surface area contributed by atoms with Gasteiger partial charge in [-0.1, -0.05) is 116 Å². The molecule has 8 unspecified atom stereocenters. The molecule has 1 aliphatic rings. The van der Waals surface area contributed by atoms with Crippen LogP contribution in [0.4, 0.5) is 19.2 Å². The first-order valence-electron chi connectivity index (χ1n) is 46.5. The van der Waals surface area contributed by atoms with Gasteiger partial charge in [-0.3, -0.25) is 48.1 Å². The number of methoxy groups -OCH3 is 4. The van der Waals surface area contributed by atoms with Crippen molar-refractivity contribution in [2.75, 3.05) is 153 Å². The third kappa shape index (κ3) is 59.1. The minimum absolute atomic E-state index is 0.00881. The van der Waals surface area contributed by atoms with Crippen LogP contribution in [0.1, 0.15) is 212 Å². The van der Waals surface area contributed by atoms with Gasteiger partial charge in [-0.05, 0) is 120 Å². The molecule has 9 amide bonds. The molecule has 138 heavy (non-hydrogen) atoms. The van der Waals surface area contributed by atoms with Crippen molar-refractivity contribution < 1.29 is 164 Å². The number of carbonyl (C=O) groups excluding carboxylic acids is 11. The molecular weight excluding hydrogens is 1880 g/mol. The third-order valence-electron chi connectivity index (χ3n) is 20.9. The lowest BCUT2D eigenvalue weighted by Crippen LogP contribution is -2.59. The molecule has 0 bridgehead atoms. The second kappa shape index (κ2) is 78.9. The third-order valence-corrected chi connectivity index (χ3v) is 23.6. The van der Waals surface area contributed by atoms with E-state index in [-0.39, 0.29) is 188 Å². The Morgan fingerprint density at radius 2 is 1.04 bits per heavy atom. The van der Waals surface area contributed by atoms with E-state index >= 15 is 0 Å². The molecule has 15 N–H and O–H groups in total. The number of esters is 2. The number of rotatable bonds is 68. The molecule has 3 rings (SSSR count). The molecule has 794 valence electrons. The average Bonchev–Trinajstić information content (AvgIpc) is 1.32. The number of hydrogen-bond acceptors (Lipinski definition) is 37. The highest BCUT2D eigenvalue weighted by molar-refractivity contribution is 8.76. The van der Waals surface area contributed by atoms with Crippen molar-refractivity contribution in [3.63, 3.8) is 0 Å². The largest absolute Gasteiger partial charge is 0.481 e. The zero-order chi connectivity index (χ0) is 104. The first-order chi connectivity index (χ1) is 65.9. The molecule has 0 radical (unpaired) electrons. The lowest BCUT2D eigenvalue weighted by molar-refractivity contribution is -0.181. The summed E-state index contributed by atoms with van der Waals surface area (Å²) < 4.78 is 73.0. The molecule has 1 saturated heterocycles. The Hall–Kier alpha value is -8.70. The number of carboxylic acid groups (broad SMARTS) is 2. The van der Waals surface area contributed by atoms with Crippen LogP contribution < -0.4 is 47.3 Å². The van der Waals surface area contributed by atoms with Gasteiger partial charge in [0.25, 0.3) is 5.91 Å². The fraction of sp³-hybridized carbons (Fsp3) is 0.756. The number of amides is 9. The SMILES string of the molecule is CCC(CO)OC(CO)OC.CCC(CO)OC(COC(=O)NCCC(=O)NCCSSC)OC.CCC(CO)OC(COC(=O)NCCC(=O)O)OC.CCCC(=O)OCN(C(=O)[C@@H](NC(=O)[C@H]1CCCCN1C)[C@@H](C)CC)[C@H](C[C@@H](OC(C)=O)c1nc(C(=O)N[C@@H](Cc2ccc(OC(=O)NCCCCNC(=O)CCNC(=O)OCC(OC)OC(CC)CO)cc2)C[C@H](C)C(=O)O)cs1)C(C)C. The molecule has 1 aromatic heterocycles. The molecule has 15 atom stereocenters. The Labute approximate surface area is 822 Å². The Morgan fingerprint density at radius 3 is 1.47 bits per heavy atom. The molecule has 1 aromatic carbocycles. The van der Waals surface area contributed by atoms with Crippen molar-refractivity contribution in [2.45, 2.75) is 272 Å². The van der Waals surface area contributed by atoms with E-state index in [4.69, 9.17) is 91.8 Å². The normalized spacial score (nSPS) is 15.4. The smallest absolute Gasteiger partial charge is 0.412 e. The van der Waals surface area contributed by atoms with Gasteiger partial charge in [-0.15, -0.1) is 11.3 Å². The number of carbonyl (C=O) groups is 13. The molecular formula is C90H157N11O34S3. The molecule has 45 nitrogen and oxygen atoms in total. The average molecular weight is 2030 g/mol. The van der Waals surface area contributed by atoms with Crippen molar-refractivity contribution >= 4 is 111 Å². The molecule has 1 aliphatic heterocycles. The number of nitrogens with one attached hydrogen (secondary N) is 8. The molecule has 0 saturated carbocycles. The maximum atomic E-state index is 14.9. The number of alkyl carbamates (subject to hydrolysis) is 3. The van der Waals surface area contributed by atoms with E-state index in [2.05, 4.69) is 47.5 Å². The fourth-order valence-corrected chi connectivity index (χ4v) is 14.4. The maximum Gasteiger partial charge on any atom is 0.412 e. The highest BCUT2D eigenvalue weighted by Gasteiger charge is 2.40. The van der Waals surface area contributed by atoms with Crippen molar-refractivity contribution in [2.24, 2.45) is 17.8 Å². The standard InChI is InChI=1S/C58H92N8O17S.C14H28N2O6S2.C11H21NO7.C7H16O4/c1-11-18-49(70)80-35-66(55(73)51(37(6)12-2)64-53(72)45-19-14-17-28-65(45)9)46(36(4)5)31-47(81-39(8)68)54-63-44(34-84-54)52(71)62-41(29-38(7)56(74)75)30-40-20-22-43(23-21-40)83-58(77)60-26-16-15-25-59-48(69)24-27-61-57(76)79-33-50(78-10)82-42(13-3)32-67;1-4-11(9-17)22-13(20-2)10-21-14(19)16-6-5-12(18)15-7-8-24-23-3;1-3-8(6-13)19-10(17-2)7-18-11(16)12-5-4-9(14)15;1-3-6(4-8)11-7(5-9)10-2/h20-23,34,36-38,41-42,45-47,50-51,67H,11-19,24-33,35H2,1-10H3,(H,59,69)(H,60,77)(H,61,76)(H,62,71)(H,64,72)(H,74,75);11,13,17H,4-10H2,1-3H3,(H,15,18)(H,16,19);8,10,13H,3-7H2,1-2H3,(H,12,16)(H,14,15);6-9H,3-5H2,1-2H3/t37-,38-,41+,42?,45+,46+,47+,50?,51-;;;/m0.../s1. The zero-order valence-corrected chi connectivity index (χ0v) is 85.5. The van der Waals surface area contributed by atoms with Crippen molar-refractivity contribution in [3.05, 3.63) is 45.9 Å². The van der Waals surface area contributed by atoms with Gasteiger partial charge in [-0.25, -0.2) is 24.2 Å². The summed E-state index contributed by atoms with van der Waals surface area (Å²) in [4.78, 5) is 170. The van der Waals surface area contributed by atoms with Crippen LogP contribution in [0, 0.1) is 17.8 Å². The highest BCUT2D eigenvalue weighted by Crippen LogP contribution is 2.33. The second-order valence-electron chi connectivity index (χ2n) is 31.9. The molecule has 0 aliphatic carbocycles. The molecule has 0 spiro atoms. The second-order valence-corrected chi connectivity index (χ2v) is 35.5. The van der Waals surface area contributed by atoms with E-state index in [1.165, 1.54) is 52.6 Å². The predicted molar refractivity (Wildman–Crippen MR) is 511 cm³/mol. The number of aromatic nitrogens is 1. The van der Waals surface area contributed by atoms with Crippen LogP contribution in [0.5, 0.6) is 5.75 Å². The molecule has 48 heteroatoms. The van der Waals surface area contributed by atoms with E-state index in [1.807, 2.05) is 80.5 Å². The monoisotopic (exact) mass is 2030 g/mol. The van der Waals surface area contributed by atoms with E-state index in [0.717, 1.165) is 36.5 Å². The minimum Gasteiger partial charge on any atom is -0.481 e. The first kappa shape index (κ1) is 129. The summed E-state index contributed by atoms with van der Waals surface area (Å²) in [5, 5.41) is 86.0. The van der Waals surface area contributed by atoms with Crippen molar-refractivity contribution in [3.8, 4) is 5.75 Å². The maximum absolute atomic E-state index is 14.9. The van der Waals surface area contributed by atoms with E-state index < -0.39 is 134 Å². The van der Waals surface area contributed by atoms with Gasteiger partial charge < -0.3 is 149 Å². The number of piperidine rings is 1. The Bertz CT molecular complexity index is 3690. The number of nitrogens with zero attached hydrogens (tertiary/aromatic N) is 3. The van der Waals surface area contributed by atoms with Crippen LogP contribution in [-0.4, -0.2) is 355 Å². The van der Waals surface area contributed by atoms with E-state index in [0.29, 0.717) is 76.4 Å². The lowest BCUT2D eigenvalue weighted by Gasteiger charge is -2.39. The summed E-state index contributed by atoms with van der Waals surface area (Å²) in [7, 11) is 10.9. The number of carboxylic acids is 2. The zero-order valence-electron chi connectivity index (χ0n) is 83.1. The van der Waals surface area contributed by atoms with Gasteiger partial charge >= 0.3 is 48.3 Å². The van der Waals surface area contributed by atoms with Crippen LogP contribution in [0.3, 0.4) is 0 Å². The Balaban J connectivity index is 0.00000277. The van der Waals surface area contributed by atoms with Crippen LogP contribution >= 0.6 is 32.9 Å². The van der Waals surface area contributed by atoms with Gasteiger partial charge in [0.05, 0.1) is 75.8 Å². The number of aliphatic hydroxyl groups excluding tert-OH is 5. The number of benzene rings is 1. The number of aliphatic hydroxyl groups is 5. The lowest BCUT2D eigenvalue weighted by atomic mass is 9.92. The Kier molecular flexibility index (Phi) is 74.0. The summed E-state index contributed by atoms with van der Waals surface area (Å²) in [6.07, 6.45) is 1.07. The van der Waals surface area contributed by atoms with Gasteiger partial charge in [0.2, 0.25) is 23.6 Å². The summed E-state index contributed by atoms with van der Waals surface area (Å²) >= 11 is 1.06. The van der Waals surface area contributed by atoms with Gasteiger partial charge in [0.15, 0.2) is 38.0 Å². The van der Waals surface area contributed by atoms with E-state index in [1.54, 1.807) is 45.9 Å². The Morgan fingerprint density at radius 1 is 0.565 bits per heavy atom. The van der Waals surface area contributed by atoms with Gasteiger partial charge in [-0.2, -0.15) is 0 Å². The number of thiazole rings is 1. The minimum atomic E-state index is -1.07. The summed E-state index contributed by atoms with van der Waals surface area (Å²) in [5.74, 6) is -5.38. The van der Waals surface area contributed by atoms with Crippen molar-refractivity contribution in [1.82, 2.24) is 57.3 Å². The number of likely N-dealkylation sites (N-methyl/N-ethyl adjacent to an activating group) is 1. The predicted octanol–water partition coefficient (Wildman–Crippen LogP) is 6.30. The van der Waals surface area contributed by atoms with Gasteiger partial charge in [0, 0.05) is 124 Å². The first-order valence-corrected chi connectivity index (χ1v) is 50.1. The quantitative estimate of drug-likeness (QED) is 0.0114. The molecule has 1 fully saturated rings. The number of likely N-dealkylation sites (tertiary alicyclic amines) is 1. The van der Waals surface area contributed by atoms with Crippen LogP contribution in [0.2, 0.25) is 0 Å². The van der Waals surface area contributed by atoms with Gasteiger partial charge in [0.1, 0.15) is 42.3 Å². The van der Waals surface area contributed by atoms with Crippen molar-refractivity contribution in [1.29, 1.82) is 0 Å². The van der Waals surface area contributed by atoms with Crippen LogP contribution in [0.25, 0.3) is 0 Å². The molecule has 2 heterocycles. The number of hydrogen-bond donors (Lipinski definition) is 15. The van der Waals surface area contributed by atoms with E-state index in [9.17, 15) is 72.5 Å². The highest BCUT2D eigenvalue weighted by atomic mass is 33.1. The summed E-state index contributed by atoms with van der Waals surface area (Å²) in [6, 6.07) is 3.69. The van der Waals surface area contributed by atoms with Crippen LogP contribution in [0.15, 0.2) is 29.6 Å².